The lowest BCUT2D eigenvalue weighted by Gasteiger charge is -2.34. The van der Waals surface area contributed by atoms with E-state index in [0.717, 1.165) is 25.7 Å². The summed E-state index contributed by atoms with van der Waals surface area (Å²) in [7, 11) is 9.42. The van der Waals surface area contributed by atoms with Gasteiger partial charge in [-0.3, -0.25) is 9.59 Å². The number of aliphatic hydroxyl groups excluding tert-OH is 1. The number of nitrogens with zero attached hydrogens (tertiary/aromatic N) is 1. The van der Waals surface area contributed by atoms with E-state index in [1.54, 1.807) is 32.4 Å². The van der Waals surface area contributed by atoms with E-state index in [1.807, 2.05) is 61.8 Å². The Balaban J connectivity index is -0.000000155. The van der Waals surface area contributed by atoms with Crippen LogP contribution >= 0.6 is 0 Å². The molecule has 0 fully saturated rings. The van der Waals surface area contributed by atoms with E-state index in [2.05, 4.69) is 73.9 Å². The number of carboxylic acid groups (broad SMARTS) is 1. The van der Waals surface area contributed by atoms with Crippen molar-refractivity contribution >= 4 is 30.4 Å². The summed E-state index contributed by atoms with van der Waals surface area (Å²) in [5.74, 6) is -1.60. The Labute approximate surface area is 355 Å². The highest BCUT2D eigenvalue weighted by Gasteiger charge is 2.27. The molecule has 0 heterocycles. The number of carbonyl (C=O) groups is 5. The van der Waals surface area contributed by atoms with E-state index in [9.17, 15) is 24.0 Å². The fourth-order valence-corrected chi connectivity index (χ4v) is 4.90. The van der Waals surface area contributed by atoms with Crippen molar-refractivity contribution in [3.63, 3.8) is 0 Å². The molecule has 0 bridgehead atoms. The van der Waals surface area contributed by atoms with Gasteiger partial charge in [0.15, 0.2) is 0 Å². The molecule has 6 N–H and O–H groups in total. The number of carbonyl (C=O) groups excluding carboxylic acids is 4. The molecule has 0 rings (SSSR count). The molecule has 0 aliphatic heterocycles. The summed E-state index contributed by atoms with van der Waals surface area (Å²) in [5.41, 5.74) is 2.01. The van der Waals surface area contributed by atoms with Crippen molar-refractivity contribution in [3.05, 3.63) is 48.6 Å². The predicted octanol–water partition coefficient (Wildman–Crippen LogP) is 6.38. The number of nitrogens with one attached hydrogen (secondary N) is 4. The molecule has 0 aliphatic rings. The molecule has 0 aromatic rings. The van der Waals surface area contributed by atoms with E-state index in [0.29, 0.717) is 30.2 Å². The van der Waals surface area contributed by atoms with Crippen LogP contribution in [-0.4, -0.2) is 125 Å². The van der Waals surface area contributed by atoms with Crippen LogP contribution in [0.2, 0.25) is 0 Å². The molecule has 13 heteroatoms. The van der Waals surface area contributed by atoms with E-state index >= 15 is 0 Å². The van der Waals surface area contributed by atoms with Crippen molar-refractivity contribution < 1.29 is 38.9 Å². The fourth-order valence-electron chi connectivity index (χ4n) is 4.90. The molecule has 6 unspecified atom stereocenters. The SMILES string of the molecule is C=C(CCC)CNC.C=C/C(=C\C=C/C)CC(NC(=O)C(C)CO)C(=O)O.CC.CCC.CCC(C)C(C(CC=O)OC)N(C)C.CNC(C(=O)NCC=O)C(C)C. The number of rotatable bonds is 24. The van der Waals surface area contributed by atoms with Gasteiger partial charge < -0.3 is 50.7 Å². The highest BCUT2D eigenvalue weighted by molar-refractivity contribution is 5.85. The van der Waals surface area contributed by atoms with Crippen LogP contribution in [0, 0.1) is 17.8 Å². The van der Waals surface area contributed by atoms with Gasteiger partial charge in [0.05, 0.1) is 31.2 Å². The zero-order valence-electron chi connectivity index (χ0n) is 39.6. The van der Waals surface area contributed by atoms with Gasteiger partial charge in [-0.25, -0.2) is 4.79 Å². The fraction of sp³-hybridized carbons (Fsp3) is 0.711. The van der Waals surface area contributed by atoms with E-state index in [1.165, 1.54) is 25.3 Å². The summed E-state index contributed by atoms with van der Waals surface area (Å²) in [6.07, 6.45) is 13.8. The summed E-state index contributed by atoms with van der Waals surface area (Å²) in [6, 6.07) is -0.934. The number of hydrogen-bond donors (Lipinski definition) is 6. The van der Waals surface area contributed by atoms with Crippen LogP contribution in [0.5, 0.6) is 0 Å². The molecule has 0 saturated heterocycles. The zero-order chi connectivity index (χ0) is 46.6. The molecule has 13 nitrogen and oxygen atoms in total. The number of allylic oxidation sites excluding steroid dienone is 4. The van der Waals surface area contributed by atoms with E-state index in [-0.39, 0.29) is 43.5 Å². The molecule has 0 aromatic carbocycles. The number of aldehydes is 2. The van der Waals surface area contributed by atoms with Gasteiger partial charge >= 0.3 is 5.97 Å². The molecule has 0 radical (unpaired) electrons. The molecule has 6 atom stereocenters. The average Bonchev–Trinajstić information content (AvgIpc) is 3.19. The number of amides is 2. The van der Waals surface area contributed by atoms with Gasteiger partial charge in [0, 0.05) is 32.5 Å². The lowest BCUT2D eigenvalue weighted by Crippen LogP contribution is -2.46. The van der Waals surface area contributed by atoms with Crippen molar-refractivity contribution in [2.24, 2.45) is 17.8 Å². The third kappa shape index (κ3) is 39.3. The minimum atomic E-state index is -1.12. The van der Waals surface area contributed by atoms with Crippen molar-refractivity contribution in [1.82, 2.24) is 26.2 Å². The van der Waals surface area contributed by atoms with Gasteiger partial charge in [-0.05, 0) is 58.9 Å². The van der Waals surface area contributed by atoms with Gasteiger partial charge in [-0.15, -0.1) is 0 Å². The monoisotopic (exact) mass is 828 g/mol. The lowest BCUT2D eigenvalue weighted by molar-refractivity contribution is -0.142. The largest absolute Gasteiger partial charge is 0.480 e. The van der Waals surface area contributed by atoms with Crippen molar-refractivity contribution in [1.29, 1.82) is 0 Å². The molecule has 2 amide bonds. The Morgan fingerprint density at radius 2 is 1.50 bits per heavy atom. The maximum Gasteiger partial charge on any atom is 0.326 e. The Kier molecular flexibility index (Phi) is 54.8. The van der Waals surface area contributed by atoms with Gasteiger partial charge in [0.2, 0.25) is 11.8 Å². The van der Waals surface area contributed by atoms with Crippen LogP contribution in [0.25, 0.3) is 0 Å². The van der Waals surface area contributed by atoms with Gasteiger partial charge in [-0.1, -0.05) is 132 Å². The highest BCUT2D eigenvalue weighted by atomic mass is 16.5. The first kappa shape index (κ1) is 66.3. The lowest BCUT2D eigenvalue weighted by atomic mass is 9.92. The van der Waals surface area contributed by atoms with Crippen LogP contribution in [0.4, 0.5) is 0 Å². The van der Waals surface area contributed by atoms with E-state index in [4.69, 9.17) is 14.9 Å². The smallest absolute Gasteiger partial charge is 0.326 e. The number of aliphatic hydroxyl groups is 1. The van der Waals surface area contributed by atoms with Crippen molar-refractivity contribution in [3.8, 4) is 0 Å². The zero-order valence-corrected chi connectivity index (χ0v) is 39.6. The van der Waals surface area contributed by atoms with Crippen LogP contribution in [0.3, 0.4) is 0 Å². The third-order valence-electron chi connectivity index (χ3n) is 8.03. The Morgan fingerprint density at radius 3 is 1.83 bits per heavy atom. The number of carboxylic acids is 1. The maximum atomic E-state index is 11.6. The predicted molar refractivity (Wildman–Crippen MR) is 244 cm³/mol. The summed E-state index contributed by atoms with van der Waals surface area (Å²) in [6.45, 7) is 30.3. The number of methoxy groups -OCH3 is 1. The first-order valence-corrected chi connectivity index (χ1v) is 20.8. The maximum absolute atomic E-state index is 11.6. The summed E-state index contributed by atoms with van der Waals surface area (Å²) >= 11 is 0. The first-order chi connectivity index (χ1) is 27.4. The molecular weight excluding hydrogens is 739 g/mol. The second kappa shape index (κ2) is 47.9. The molecule has 342 valence electrons. The normalized spacial score (nSPS) is 13.5. The molecule has 0 saturated carbocycles. The topological polar surface area (TPSA) is 186 Å². The average molecular weight is 828 g/mol. The minimum Gasteiger partial charge on any atom is -0.480 e. The molecule has 0 spiro atoms. The second-order valence-corrected chi connectivity index (χ2v) is 13.8. The van der Waals surface area contributed by atoms with Crippen LogP contribution in [0.1, 0.15) is 115 Å². The van der Waals surface area contributed by atoms with Gasteiger partial charge in [0.25, 0.3) is 0 Å². The number of aliphatic carboxylic acids is 1. The van der Waals surface area contributed by atoms with Gasteiger partial charge in [-0.2, -0.15) is 0 Å². The number of hydrogen-bond acceptors (Lipinski definition) is 10. The van der Waals surface area contributed by atoms with Crippen molar-refractivity contribution in [2.75, 3.05) is 55.0 Å². The highest BCUT2D eigenvalue weighted by Crippen LogP contribution is 2.19. The first-order valence-electron chi connectivity index (χ1n) is 20.8. The van der Waals surface area contributed by atoms with E-state index < -0.39 is 23.8 Å². The minimum absolute atomic E-state index is 0.0115. The Morgan fingerprint density at radius 1 is 0.948 bits per heavy atom. The molecular formula is C45H89N5O8. The summed E-state index contributed by atoms with van der Waals surface area (Å²) in [4.78, 5) is 56.5. The number of likely N-dealkylation sites (N-methyl/N-ethyl adjacent to an activating group) is 3. The summed E-state index contributed by atoms with van der Waals surface area (Å²) in [5, 5.41) is 28.8. The van der Waals surface area contributed by atoms with Crippen LogP contribution in [-0.2, 0) is 28.7 Å². The third-order valence-corrected chi connectivity index (χ3v) is 8.03. The Bertz CT molecular complexity index is 1090. The summed E-state index contributed by atoms with van der Waals surface area (Å²) < 4.78 is 5.36. The Hall–Kier alpha value is -3.49. The van der Waals surface area contributed by atoms with Crippen LogP contribution < -0.4 is 21.3 Å². The standard InChI is InChI=1S/C14H21NO4.C11H23NO2.C8H16N2O2.C7H15N.C3H8.C2H6/c1-4-6-7-11(5-2)8-12(14(18)19)15-13(17)10(3)9-16;1-6-9(2)11(12(3)4)10(14-5)7-8-13;1-6(2)7(9-3)8(12)10-4-5-11;1-4-5-7(2)6-8-3;1-3-2;1-2/h4-7,10,12,16H,2,8-9H2,1,3H3,(H,15,17)(H,18,19);8-11H,6-7H2,1-5H3;5-7,9H,4H2,1-3H3,(H,10,12);8H,2,4-6H2,1,3H3;3H2,1-2H3;1-2H3/b6-4-,11-7+;;;;;. The quantitative estimate of drug-likeness (QED) is 0.0360. The number of ether oxygens (including phenoxy) is 1. The van der Waals surface area contributed by atoms with Gasteiger partial charge in [0.1, 0.15) is 18.6 Å². The molecule has 58 heavy (non-hydrogen) atoms. The molecule has 0 aromatic heterocycles. The molecule has 0 aliphatic carbocycles. The second-order valence-electron chi connectivity index (χ2n) is 13.8. The van der Waals surface area contributed by atoms with Crippen molar-refractivity contribution in [2.45, 2.75) is 139 Å². The van der Waals surface area contributed by atoms with Crippen LogP contribution in [0.15, 0.2) is 48.6 Å².